The fraction of sp³-hybridized carbons (Fsp3) is 0.516. The van der Waals surface area contributed by atoms with E-state index in [2.05, 4.69) is 17.6 Å². The van der Waals surface area contributed by atoms with Crippen LogP contribution in [0, 0.1) is 13.8 Å². The number of amides is 3. The fourth-order valence-electron chi connectivity index (χ4n) is 4.42. The van der Waals surface area contributed by atoms with Gasteiger partial charge in [-0.15, -0.1) is 0 Å². The van der Waals surface area contributed by atoms with Gasteiger partial charge in [-0.25, -0.2) is 4.79 Å². The van der Waals surface area contributed by atoms with Gasteiger partial charge in [0.1, 0.15) is 23.9 Å². The third-order valence-corrected chi connectivity index (χ3v) is 6.34. The maximum Gasteiger partial charge on any atom is 0.408 e. The van der Waals surface area contributed by atoms with Crippen molar-refractivity contribution in [3.8, 4) is 5.75 Å². The van der Waals surface area contributed by atoms with Crippen molar-refractivity contribution in [1.29, 1.82) is 0 Å². The highest BCUT2D eigenvalue weighted by Crippen LogP contribution is 2.30. The third kappa shape index (κ3) is 10.3. The summed E-state index contributed by atoms with van der Waals surface area (Å²) in [6.45, 7) is 11.4. The Morgan fingerprint density at radius 1 is 0.923 bits per heavy atom. The quantitative estimate of drug-likeness (QED) is 0.291. The molecule has 2 rings (SSSR count). The molecule has 2 aromatic carbocycles. The molecule has 0 heterocycles. The van der Waals surface area contributed by atoms with Gasteiger partial charge in [-0.2, -0.15) is 0 Å². The molecule has 0 aliphatic heterocycles. The van der Waals surface area contributed by atoms with Crippen molar-refractivity contribution in [3.05, 3.63) is 59.2 Å². The molecular weight excluding hydrogens is 494 g/mol. The van der Waals surface area contributed by atoms with Crippen LogP contribution in [0.3, 0.4) is 0 Å². The monoisotopic (exact) mass is 539 g/mol. The van der Waals surface area contributed by atoms with Crippen LogP contribution >= 0.6 is 0 Å². The number of nitrogens with zero attached hydrogens (tertiary/aromatic N) is 1. The van der Waals surface area contributed by atoms with Crippen LogP contribution in [0.5, 0.6) is 5.75 Å². The van der Waals surface area contributed by atoms with Crippen molar-refractivity contribution < 1.29 is 23.9 Å². The van der Waals surface area contributed by atoms with Crippen LogP contribution in [0.1, 0.15) is 82.5 Å². The van der Waals surface area contributed by atoms with Crippen molar-refractivity contribution in [3.63, 3.8) is 0 Å². The average molecular weight is 540 g/mol. The predicted molar refractivity (Wildman–Crippen MR) is 155 cm³/mol. The lowest BCUT2D eigenvalue weighted by Crippen LogP contribution is -2.47. The molecule has 39 heavy (non-hydrogen) atoms. The third-order valence-electron chi connectivity index (χ3n) is 6.34. The van der Waals surface area contributed by atoms with Crippen LogP contribution in [0.4, 0.5) is 10.5 Å². The first-order valence-corrected chi connectivity index (χ1v) is 13.7. The number of alkyl carbamates (subject to hydrolysis) is 1. The molecule has 1 unspecified atom stereocenters. The molecule has 8 heteroatoms. The number of hydrogen-bond donors (Lipinski definition) is 2. The van der Waals surface area contributed by atoms with E-state index >= 15 is 0 Å². The molecule has 0 aliphatic carbocycles. The molecule has 0 saturated carbocycles. The molecule has 1 atom stereocenters. The zero-order chi connectivity index (χ0) is 29.0. The second-order valence-corrected chi connectivity index (χ2v) is 10.8. The summed E-state index contributed by atoms with van der Waals surface area (Å²) in [4.78, 5) is 41.5. The average Bonchev–Trinajstić information content (AvgIpc) is 2.87. The first-order chi connectivity index (χ1) is 18.5. The molecule has 2 N–H and O–H groups in total. The number of unbranched alkanes of at least 4 members (excludes halogenated alkanes) is 4. The minimum atomic E-state index is -0.882. The number of aryl methyl sites for hydroxylation is 2. The molecule has 3 amide bonds. The van der Waals surface area contributed by atoms with E-state index in [1.807, 2.05) is 32.0 Å². The summed E-state index contributed by atoms with van der Waals surface area (Å²) in [5.41, 5.74) is 2.51. The number of carbonyl (C=O) groups is 3. The van der Waals surface area contributed by atoms with Crippen molar-refractivity contribution in [2.45, 2.75) is 85.3 Å². The number of hydrogen-bond acceptors (Lipinski definition) is 5. The minimum Gasteiger partial charge on any atom is -0.497 e. The van der Waals surface area contributed by atoms with Crippen molar-refractivity contribution in [1.82, 2.24) is 10.2 Å². The SMILES string of the molecule is CCCCCCCN(C(=O)CNC(=O)OC(C)(C)C)C(C(=O)Nc1ccc(OC)cc1)c1c(C)cccc1C. The van der Waals surface area contributed by atoms with Gasteiger partial charge in [0, 0.05) is 12.2 Å². The van der Waals surface area contributed by atoms with Gasteiger partial charge in [-0.05, 0) is 82.0 Å². The second-order valence-electron chi connectivity index (χ2n) is 10.8. The molecular formula is C31H45N3O5. The van der Waals surface area contributed by atoms with Crippen molar-refractivity contribution >= 4 is 23.6 Å². The lowest BCUT2D eigenvalue weighted by Gasteiger charge is -2.33. The minimum absolute atomic E-state index is 0.277. The predicted octanol–water partition coefficient (Wildman–Crippen LogP) is 6.32. The zero-order valence-electron chi connectivity index (χ0n) is 24.6. The smallest absolute Gasteiger partial charge is 0.408 e. The summed E-state index contributed by atoms with van der Waals surface area (Å²) >= 11 is 0. The van der Waals surface area contributed by atoms with Crippen LogP contribution in [0.25, 0.3) is 0 Å². The Bertz CT molecular complexity index is 1070. The Kier molecular flexibility index (Phi) is 12.3. The molecule has 0 aromatic heterocycles. The maximum absolute atomic E-state index is 13.9. The number of benzene rings is 2. The summed E-state index contributed by atoms with van der Waals surface area (Å²) in [7, 11) is 1.58. The number of methoxy groups -OCH3 is 1. The normalized spacial score (nSPS) is 11.9. The summed E-state index contributed by atoms with van der Waals surface area (Å²) in [5, 5.41) is 5.56. The molecule has 0 spiro atoms. The summed E-state index contributed by atoms with van der Waals surface area (Å²) in [6, 6.07) is 12.0. The Balaban J connectivity index is 2.41. The van der Waals surface area contributed by atoms with Gasteiger partial charge in [0.25, 0.3) is 5.91 Å². The molecule has 214 valence electrons. The van der Waals surface area contributed by atoms with E-state index in [-0.39, 0.29) is 18.4 Å². The summed E-state index contributed by atoms with van der Waals surface area (Å²) in [6.07, 6.45) is 4.29. The maximum atomic E-state index is 13.9. The number of anilines is 1. The number of rotatable bonds is 13. The second kappa shape index (κ2) is 15.1. The lowest BCUT2D eigenvalue weighted by atomic mass is 9.93. The highest BCUT2D eigenvalue weighted by Gasteiger charge is 2.33. The highest BCUT2D eigenvalue weighted by atomic mass is 16.6. The summed E-state index contributed by atoms with van der Waals surface area (Å²) < 4.78 is 10.5. The molecule has 0 bridgehead atoms. The van der Waals surface area contributed by atoms with E-state index < -0.39 is 17.7 Å². The number of nitrogens with one attached hydrogen (secondary N) is 2. The molecule has 0 saturated heterocycles. The van der Waals surface area contributed by atoms with Gasteiger partial charge < -0.3 is 25.0 Å². The summed E-state index contributed by atoms with van der Waals surface area (Å²) in [5.74, 6) is 0.00188. The molecule has 0 aliphatic rings. The standard InChI is InChI=1S/C31H45N3O5/c1-8-9-10-11-12-20-34(26(35)21-32-30(37)39-31(4,5)6)28(27-22(2)14-13-15-23(27)3)29(36)33-24-16-18-25(38-7)19-17-24/h13-19,28H,8-12,20-21H2,1-7H3,(H,32,37)(H,33,36). The van der Waals surface area contributed by atoms with Crippen LogP contribution in [-0.4, -0.2) is 48.6 Å². The largest absolute Gasteiger partial charge is 0.497 e. The van der Waals surface area contributed by atoms with E-state index in [1.54, 1.807) is 57.0 Å². The highest BCUT2D eigenvalue weighted by molar-refractivity contribution is 5.98. The molecule has 0 radical (unpaired) electrons. The molecule has 8 nitrogen and oxygen atoms in total. The van der Waals surface area contributed by atoms with Gasteiger partial charge >= 0.3 is 6.09 Å². The van der Waals surface area contributed by atoms with E-state index in [0.717, 1.165) is 48.8 Å². The van der Waals surface area contributed by atoms with Gasteiger partial charge in [-0.3, -0.25) is 9.59 Å². The molecule has 2 aromatic rings. The van der Waals surface area contributed by atoms with Gasteiger partial charge in [0.05, 0.1) is 7.11 Å². The van der Waals surface area contributed by atoms with Crippen molar-refractivity contribution in [2.24, 2.45) is 0 Å². The number of carbonyl (C=O) groups excluding carboxylic acids is 3. The lowest BCUT2D eigenvalue weighted by molar-refractivity contribution is -0.138. The molecule has 0 fully saturated rings. The Morgan fingerprint density at radius 2 is 1.54 bits per heavy atom. The van der Waals surface area contributed by atoms with Gasteiger partial charge in [0.2, 0.25) is 5.91 Å². The Labute approximate surface area is 233 Å². The van der Waals surface area contributed by atoms with Gasteiger partial charge in [0.15, 0.2) is 0 Å². The topological polar surface area (TPSA) is 97.0 Å². The van der Waals surface area contributed by atoms with E-state index in [1.165, 1.54) is 0 Å². The zero-order valence-corrected chi connectivity index (χ0v) is 24.6. The van der Waals surface area contributed by atoms with E-state index in [9.17, 15) is 14.4 Å². The Morgan fingerprint density at radius 3 is 2.10 bits per heavy atom. The van der Waals surface area contributed by atoms with Crippen LogP contribution in [-0.2, 0) is 14.3 Å². The first-order valence-electron chi connectivity index (χ1n) is 13.7. The fourth-order valence-corrected chi connectivity index (χ4v) is 4.42. The van der Waals surface area contributed by atoms with Crippen LogP contribution in [0.15, 0.2) is 42.5 Å². The van der Waals surface area contributed by atoms with E-state index in [0.29, 0.717) is 18.0 Å². The Hall–Kier alpha value is -3.55. The van der Waals surface area contributed by atoms with Crippen LogP contribution in [0.2, 0.25) is 0 Å². The number of ether oxygens (including phenoxy) is 2. The van der Waals surface area contributed by atoms with Crippen LogP contribution < -0.4 is 15.4 Å². The van der Waals surface area contributed by atoms with Gasteiger partial charge in [-0.1, -0.05) is 50.8 Å². The van der Waals surface area contributed by atoms with Crippen molar-refractivity contribution in [2.75, 3.05) is 25.5 Å². The van der Waals surface area contributed by atoms with E-state index in [4.69, 9.17) is 9.47 Å². The first kappa shape index (κ1) is 31.7.